The Morgan fingerprint density at radius 1 is 0.220 bits per heavy atom. The Morgan fingerprint density at radius 3 is 0.540 bits per heavy atom. The maximum absolute atomic E-state index is 2.41. The molecule has 0 amide bonds. The molecule has 0 N–H and O–H groups in total. The molecule has 258 valence electrons. The third-order valence-electron chi connectivity index (χ3n) is 9.56. The van der Waals surface area contributed by atoms with Gasteiger partial charge in [-0.15, -0.1) is 49.6 Å². The van der Waals surface area contributed by atoms with Gasteiger partial charge >= 0.3 is 276 Å². The average Bonchev–Trinajstić information content (AvgIpc) is 3.16. The van der Waals surface area contributed by atoms with Crippen molar-refractivity contribution in [3.8, 4) is 0 Å². The normalized spacial score (nSPS) is 11.4. The van der Waals surface area contributed by atoms with E-state index in [1.807, 2.05) is 0 Å². The van der Waals surface area contributed by atoms with Crippen molar-refractivity contribution in [2.45, 2.75) is 12.3 Å². The molecule has 0 aliphatic carbocycles. The van der Waals surface area contributed by atoms with E-state index in [9.17, 15) is 0 Å². The predicted molar refractivity (Wildman–Crippen MR) is 236 cm³/mol. The fourth-order valence-corrected chi connectivity index (χ4v) is 16.8. The van der Waals surface area contributed by atoms with E-state index in [4.69, 9.17) is 0 Å². The summed E-state index contributed by atoms with van der Waals surface area (Å²) in [4.78, 5) is 0. The molecule has 0 radical (unpaired) electrons. The van der Waals surface area contributed by atoms with E-state index >= 15 is 0 Å². The van der Waals surface area contributed by atoms with Crippen molar-refractivity contribution in [1.29, 1.82) is 0 Å². The molecule has 7 rings (SSSR count). The van der Waals surface area contributed by atoms with Crippen molar-refractivity contribution < 1.29 is 0 Å². The Kier molecular flexibility index (Phi) is 15.8. The summed E-state index contributed by atoms with van der Waals surface area (Å²) in [5.41, 5.74) is 2.77. The fraction of sp³-hybridized carbons (Fsp3) is 0.0455. The fourth-order valence-electron chi connectivity index (χ4n) is 7.34. The van der Waals surface area contributed by atoms with Crippen LogP contribution < -0.4 is 31.8 Å². The zero-order valence-electron chi connectivity index (χ0n) is 27.7. The topological polar surface area (TPSA) is 0 Å². The number of hydrogen-bond donors (Lipinski definition) is 0. The Morgan fingerprint density at radius 2 is 0.380 bits per heavy atom. The SMILES string of the molecule is Cl.Cl.Cl.Cl.c1ccc([PH](Cc2ccc(C[PH](c3ccccc3)(c3ccccc3)c3ccccc3)cc2)(c2ccccc2)c2ccccc2)cc1. The molecule has 7 aromatic carbocycles. The first kappa shape index (κ1) is 41.0. The Labute approximate surface area is 323 Å². The van der Waals surface area contributed by atoms with E-state index in [0.29, 0.717) is 0 Å². The Hall–Kier alpha value is -3.44. The molecular weight excluding hydrogens is 732 g/mol. The third-order valence-corrected chi connectivity index (χ3v) is 19.4. The number of halogens is 4. The van der Waals surface area contributed by atoms with Gasteiger partial charge in [0.25, 0.3) is 0 Å². The monoisotopic (exact) mass is 774 g/mol. The number of rotatable bonds is 10. The van der Waals surface area contributed by atoms with Crippen LogP contribution in [0.15, 0.2) is 206 Å². The average molecular weight is 777 g/mol. The van der Waals surface area contributed by atoms with Crippen molar-refractivity contribution in [2.24, 2.45) is 0 Å². The van der Waals surface area contributed by atoms with Gasteiger partial charge in [-0.1, -0.05) is 0 Å². The van der Waals surface area contributed by atoms with Crippen molar-refractivity contribution in [2.75, 3.05) is 0 Å². The minimum atomic E-state index is -2.38. The molecule has 0 saturated heterocycles. The summed E-state index contributed by atoms with van der Waals surface area (Å²) in [6.07, 6.45) is 2.01. The molecule has 50 heavy (non-hydrogen) atoms. The summed E-state index contributed by atoms with van der Waals surface area (Å²) < 4.78 is 0. The van der Waals surface area contributed by atoms with Gasteiger partial charge in [0.05, 0.1) is 0 Å². The maximum atomic E-state index is 2.41. The molecule has 6 heteroatoms. The molecule has 0 spiro atoms. The van der Waals surface area contributed by atoms with Gasteiger partial charge in [-0.2, -0.15) is 0 Å². The van der Waals surface area contributed by atoms with Crippen molar-refractivity contribution in [3.63, 3.8) is 0 Å². The van der Waals surface area contributed by atoms with Gasteiger partial charge in [0.2, 0.25) is 0 Å². The van der Waals surface area contributed by atoms with Crippen LogP contribution in [0, 0.1) is 0 Å². The van der Waals surface area contributed by atoms with Gasteiger partial charge in [0.15, 0.2) is 0 Å². The van der Waals surface area contributed by atoms with Crippen molar-refractivity contribution in [3.05, 3.63) is 217 Å². The molecule has 0 atom stereocenters. The van der Waals surface area contributed by atoms with Gasteiger partial charge in [-0.3, -0.25) is 0 Å². The van der Waals surface area contributed by atoms with Crippen LogP contribution in [0.5, 0.6) is 0 Å². The summed E-state index contributed by atoms with van der Waals surface area (Å²) in [6.45, 7) is 0. The van der Waals surface area contributed by atoms with E-state index in [2.05, 4.69) is 206 Å². The van der Waals surface area contributed by atoms with E-state index in [1.54, 1.807) is 0 Å². The second-order valence-corrected chi connectivity index (χ2v) is 20.0. The first-order valence-corrected chi connectivity index (χ1v) is 20.6. The van der Waals surface area contributed by atoms with Crippen LogP contribution in [0.3, 0.4) is 0 Å². The Balaban J connectivity index is 0.00000169. The third kappa shape index (κ3) is 8.36. The van der Waals surface area contributed by atoms with Crippen LogP contribution in [0.1, 0.15) is 11.1 Å². The van der Waals surface area contributed by atoms with Gasteiger partial charge in [-0.25, -0.2) is 0 Å². The van der Waals surface area contributed by atoms with E-state index in [-0.39, 0.29) is 49.6 Å². The zero-order valence-corrected chi connectivity index (χ0v) is 32.9. The molecule has 0 nitrogen and oxygen atoms in total. The zero-order chi connectivity index (χ0) is 31.1. The molecule has 0 aliphatic rings. The standard InChI is InChI=1S/C44H40P2.4ClH/c1-7-19-39(20-8-1)45(40-21-9-2-10-22-40,41-23-11-3-12-24-41)35-37-31-33-38(34-32-37)36-46(42-25-13-4-14-26-42,43-27-15-5-16-28-43)44-29-17-6-18-30-44;;;;/h1-34,45-46H,35-36H2;4*1H. The molecule has 0 heterocycles. The summed E-state index contributed by atoms with van der Waals surface area (Å²) >= 11 is 0. The minimum absolute atomic E-state index is 0. The molecule has 0 aromatic heterocycles. The van der Waals surface area contributed by atoms with Crippen LogP contribution >= 0.6 is 64.2 Å². The molecule has 7 aromatic rings. The Bertz CT molecular complexity index is 1620. The van der Waals surface area contributed by atoms with Crippen LogP contribution in [0.2, 0.25) is 0 Å². The van der Waals surface area contributed by atoms with Crippen molar-refractivity contribution >= 4 is 96.0 Å². The van der Waals surface area contributed by atoms with Crippen molar-refractivity contribution in [1.82, 2.24) is 0 Å². The molecular formula is C44H44Cl4P2. The van der Waals surface area contributed by atoms with Crippen LogP contribution in [-0.4, -0.2) is 0 Å². The van der Waals surface area contributed by atoms with Gasteiger partial charge in [-0.05, 0) is 0 Å². The van der Waals surface area contributed by atoms with Gasteiger partial charge in [0, 0.05) is 0 Å². The summed E-state index contributed by atoms with van der Waals surface area (Å²) in [7, 11) is -4.76. The quantitative estimate of drug-likeness (QED) is 0.122. The number of hydrogen-bond acceptors (Lipinski definition) is 0. The second kappa shape index (κ2) is 19.2. The summed E-state index contributed by atoms with van der Waals surface area (Å²) in [5.74, 6) is 0. The molecule has 0 bridgehead atoms. The first-order chi connectivity index (χ1) is 22.8. The number of benzene rings is 7. The predicted octanol–water partition coefficient (Wildman–Crippen LogP) is 9.83. The molecule has 0 fully saturated rings. The van der Waals surface area contributed by atoms with E-state index < -0.39 is 14.5 Å². The summed E-state index contributed by atoms with van der Waals surface area (Å²) in [5, 5.41) is 8.67. The first-order valence-electron chi connectivity index (χ1n) is 16.2. The van der Waals surface area contributed by atoms with Crippen LogP contribution in [-0.2, 0) is 12.3 Å². The van der Waals surface area contributed by atoms with E-state index in [1.165, 1.54) is 43.0 Å². The van der Waals surface area contributed by atoms with Crippen LogP contribution in [0.4, 0.5) is 0 Å². The molecule has 0 unspecified atom stereocenters. The molecule has 0 aliphatic heterocycles. The van der Waals surface area contributed by atoms with Gasteiger partial charge < -0.3 is 0 Å². The second-order valence-electron chi connectivity index (χ2n) is 12.2. The van der Waals surface area contributed by atoms with Crippen LogP contribution in [0.25, 0.3) is 0 Å². The molecule has 0 saturated carbocycles. The summed E-state index contributed by atoms with van der Waals surface area (Å²) in [6, 6.07) is 77.0. The van der Waals surface area contributed by atoms with E-state index in [0.717, 1.165) is 12.3 Å². The van der Waals surface area contributed by atoms with Gasteiger partial charge in [0.1, 0.15) is 0 Å².